The number of alkyl halides is 2. The van der Waals surface area contributed by atoms with Crippen molar-refractivity contribution in [2.75, 3.05) is 0 Å². The fourth-order valence-electron chi connectivity index (χ4n) is 1.95. The van der Waals surface area contributed by atoms with Crippen LogP contribution in [0.5, 0.6) is 0 Å². The van der Waals surface area contributed by atoms with Crippen LogP contribution in [0.4, 0.5) is 8.78 Å². The van der Waals surface area contributed by atoms with Gasteiger partial charge in [0.25, 0.3) is 5.92 Å². The smallest absolute Gasteiger partial charge is 0.268 e. The second-order valence-corrected chi connectivity index (χ2v) is 4.01. The Labute approximate surface area is 65.2 Å². The van der Waals surface area contributed by atoms with E-state index in [9.17, 15) is 8.78 Å². The van der Waals surface area contributed by atoms with E-state index in [-0.39, 0.29) is 5.92 Å². The summed E-state index contributed by atoms with van der Waals surface area (Å²) in [6.45, 7) is 4.14. The summed E-state index contributed by atoms with van der Waals surface area (Å²) in [4.78, 5) is 0. The zero-order valence-electron chi connectivity index (χ0n) is 6.77. The average molecular weight is 161 g/mol. The van der Waals surface area contributed by atoms with Crippen LogP contribution in [0.2, 0.25) is 0 Å². The number of piperidine rings is 1. The van der Waals surface area contributed by atoms with Gasteiger partial charge < -0.3 is 5.32 Å². The van der Waals surface area contributed by atoms with Gasteiger partial charge in [-0.15, -0.1) is 0 Å². The minimum atomic E-state index is -2.38. The van der Waals surface area contributed by atoms with E-state index in [0.29, 0.717) is 18.4 Å². The van der Waals surface area contributed by atoms with E-state index >= 15 is 0 Å². The first-order valence-electron chi connectivity index (χ1n) is 4.17. The van der Waals surface area contributed by atoms with Crippen molar-refractivity contribution in [1.82, 2.24) is 5.32 Å². The molecule has 2 fully saturated rings. The zero-order chi connectivity index (χ0) is 8.22. The maximum Gasteiger partial charge on any atom is 0.268 e. The first-order chi connectivity index (χ1) is 5.03. The van der Waals surface area contributed by atoms with E-state index in [0.717, 1.165) is 0 Å². The Morgan fingerprint density at radius 2 is 2.09 bits per heavy atom. The van der Waals surface area contributed by atoms with Crippen molar-refractivity contribution in [1.29, 1.82) is 0 Å². The van der Waals surface area contributed by atoms with Crippen LogP contribution in [0.25, 0.3) is 0 Å². The molecule has 1 saturated carbocycles. The van der Waals surface area contributed by atoms with Gasteiger partial charge in [-0.05, 0) is 12.3 Å². The Morgan fingerprint density at radius 3 is 2.45 bits per heavy atom. The molecule has 0 aromatic rings. The third kappa shape index (κ3) is 0.901. The van der Waals surface area contributed by atoms with Gasteiger partial charge in [0.15, 0.2) is 0 Å². The van der Waals surface area contributed by atoms with Gasteiger partial charge >= 0.3 is 0 Å². The predicted octanol–water partition coefficient (Wildman–Crippen LogP) is 1.64. The lowest BCUT2D eigenvalue weighted by Crippen LogP contribution is -2.35. The fraction of sp³-hybridized carbons (Fsp3) is 1.00. The number of rotatable bonds is 1. The molecular formula is C8H13F2N. The second-order valence-electron chi connectivity index (χ2n) is 4.01. The summed E-state index contributed by atoms with van der Waals surface area (Å²) in [5.74, 6) is -2.25. The molecule has 1 N–H and O–H groups in total. The molecule has 2 aliphatic rings. The lowest BCUT2D eigenvalue weighted by Gasteiger charge is -2.18. The van der Waals surface area contributed by atoms with E-state index < -0.39 is 12.0 Å². The molecule has 0 radical (unpaired) electrons. The van der Waals surface area contributed by atoms with Gasteiger partial charge in [-0.3, -0.25) is 0 Å². The van der Waals surface area contributed by atoms with Crippen molar-refractivity contribution in [3.05, 3.63) is 0 Å². The largest absolute Gasteiger partial charge is 0.305 e. The quantitative estimate of drug-likeness (QED) is 0.616. The topological polar surface area (TPSA) is 12.0 Å². The molecule has 11 heavy (non-hydrogen) atoms. The Kier molecular flexibility index (Phi) is 1.32. The first-order valence-corrected chi connectivity index (χ1v) is 4.17. The SMILES string of the molecule is CC(C)C1CC2C(N1)C2(F)F. The Bertz CT molecular complexity index is 165. The lowest BCUT2D eigenvalue weighted by molar-refractivity contribution is 0.0703. The Morgan fingerprint density at radius 1 is 1.45 bits per heavy atom. The van der Waals surface area contributed by atoms with Crippen LogP contribution < -0.4 is 5.32 Å². The predicted molar refractivity (Wildman–Crippen MR) is 38.6 cm³/mol. The molecule has 0 amide bonds. The highest BCUT2D eigenvalue weighted by atomic mass is 19.3. The van der Waals surface area contributed by atoms with E-state index in [1.165, 1.54) is 0 Å². The Hall–Kier alpha value is -0.180. The molecule has 1 nitrogen and oxygen atoms in total. The molecule has 1 aliphatic carbocycles. The third-order valence-corrected chi connectivity index (χ3v) is 2.91. The molecule has 0 aromatic carbocycles. The van der Waals surface area contributed by atoms with Gasteiger partial charge in [-0.2, -0.15) is 0 Å². The molecule has 0 aromatic heterocycles. The minimum Gasteiger partial charge on any atom is -0.305 e. The maximum absolute atomic E-state index is 12.6. The molecule has 3 unspecified atom stereocenters. The third-order valence-electron chi connectivity index (χ3n) is 2.91. The summed E-state index contributed by atoms with van der Waals surface area (Å²) < 4.78 is 25.2. The van der Waals surface area contributed by atoms with Crippen LogP contribution in [0.15, 0.2) is 0 Å². The molecule has 3 heteroatoms. The van der Waals surface area contributed by atoms with Crippen molar-refractivity contribution in [3.63, 3.8) is 0 Å². The van der Waals surface area contributed by atoms with E-state index in [1.54, 1.807) is 0 Å². The van der Waals surface area contributed by atoms with Crippen LogP contribution >= 0.6 is 0 Å². The van der Waals surface area contributed by atoms with Crippen molar-refractivity contribution < 1.29 is 8.78 Å². The number of halogens is 2. The number of hydrogen-bond donors (Lipinski definition) is 1. The van der Waals surface area contributed by atoms with Crippen molar-refractivity contribution in [2.45, 2.75) is 38.3 Å². The molecule has 64 valence electrons. The second kappa shape index (κ2) is 1.94. The normalized spacial score (nSPS) is 46.1. The summed E-state index contributed by atoms with van der Waals surface area (Å²) in [6, 6.07) is -0.167. The molecule has 1 saturated heterocycles. The molecule has 3 atom stereocenters. The standard InChI is InChI=1S/C8H13F2N/c1-4(2)6-3-5-7(11-6)8(5,9)10/h4-7,11H,3H2,1-2H3. The van der Waals surface area contributed by atoms with Crippen molar-refractivity contribution in [3.8, 4) is 0 Å². The summed E-state index contributed by atoms with van der Waals surface area (Å²) >= 11 is 0. The van der Waals surface area contributed by atoms with Crippen molar-refractivity contribution >= 4 is 0 Å². The van der Waals surface area contributed by atoms with Gasteiger partial charge in [0.2, 0.25) is 0 Å². The Balaban J connectivity index is 1.95. The molecule has 2 rings (SSSR count). The van der Waals surface area contributed by atoms with Crippen molar-refractivity contribution in [2.24, 2.45) is 11.8 Å². The maximum atomic E-state index is 12.6. The zero-order valence-corrected chi connectivity index (χ0v) is 6.77. The number of nitrogens with one attached hydrogen (secondary N) is 1. The summed E-state index contributed by atoms with van der Waals surface area (Å²) in [5, 5.41) is 2.97. The monoisotopic (exact) mass is 161 g/mol. The number of hydrogen-bond acceptors (Lipinski definition) is 1. The fourth-order valence-corrected chi connectivity index (χ4v) is 1.95. The van der Waals surface area contributed by atoms with Crippen LogP contribution in [-0.4, -0.2) is 18.0 Å². The molecule has 0 spiro atoms. The summed E-state index contributed by atoms with van der Waals surface area (Å²) in [6.07, 6.45) is 0.662. The van der Waals surface area contributed by atoms with Crippen LogP contribution in [-0.2, 0) is 0 Å². The first kappa shape index (κ1) is 7.47. The van der Waals surface area contributed by atoms with E-state index in [1.807, 2.05) is 0 Å². The van der Waals surface area contributed by atoms with E-state index in [2.05, 4.69) is 19.2 Å². The highest BCUT2D eigenvalue weighted by molar-refractivity contribution is 5.18. The van der Waals surface area contributed by atoms with Gasteiger partial charge in [0.05, 0.1) is 6.04 Å². The van der Waals surface area contributed by atoms with Gasteiger partial charge in [0, 0.05) is 12.0 Å². The van der Waals surface area contributed by atoms with Crippen LogP contribution in [0, 0.1) is 11.8 Å². The lowest BCUT2D eigenvalue weighted by atomic mass is 10.0. The highest BCUT2D eigenvalue weighted by Crippen LogP contribution is 2.55. The van der Waals surface area contributed by atoms with E-state index in [4.69, 9.17) is 0 Å². The minimum absolute atomic E-state index is 0.324. The molecule has 1 heterocycles. The van der Waals surface area contributed by atoms with Crippen LogP contribution in [0.1, 0.15) is 20.3 Å². The molecule has 0 bridgehead atoms. The average Bonchev–Trinajstić information content (AvgIpc) is 2.28. The number of fused-ring (bicyclic) bond motifs is 1. The molecule has 1 aliphatic heterocycles. The molecular weight excluding hydrogens is 148 g/mol. The van der Waals surface area contributed by atoms with Crippen LogP contribution in [0.3, 0.4) is 0 Å². The summed E-state index contributed by atoms with van der Waals surface area (Å²) in [5.41, 5.74) is 0. The highest BCUT2D eigenvalue weighted by Gasteiger charge is 2.72. The van der Waals surface area contributed by atoms with Gasteiger partial charge in [-0.1, -0.05) is 13.8 Å². The summed E-state index contributed by atoms with van der Waals surface area (Å²) in [7, 11) is 0. The van der Waals surface area contributed by atoms with Gasteiger partial charge in [0.1, 0.15) is 0 Å². The van der Waals surface area contributed by atoms with Gasteiger partial charge in [-0.25, -0.2) is 8.78 Å².